The van der Waals surface area contributed by atoms with Crippen LogP contribution in [0.5, 0.6) is 11.5 Å². The van der Waals surface area contributed by atoms with E-state index in [1.54, 1.807) is 41.2 Å². The SMILES string of the molecule is Cc1c(O)c(=O)ccn1NS(=O)(=O)c1ccccc1.Cc1occc(=O)c1O.NNS(=O)(=O)c1ccccc1. The molecular formula is C24H26N4O9S2. The minimum Gasteiger partial charge on any atom is -0.503 e. The van der Waals surface area contributed by atoms with E-state index in [1.165, 1.54) is 56.6 Å². The lowest BCUT2D eigenvalue weighted by Crippen LogP contribution is -2.30. The van der Waals surface area contributed by atoms with Gasteiger partial charge in [-0.25, -0.2) is 13.2 Å². The Kier molecular flexibility index (Phi) is 10.6. The maximum absolute atomic E-state index is 12.1. The Morgan fingerprint density at radius 3 is 1.69 bits per heavy atom. The number of hydrogen-bond donors (Lipinski definition) is 5. The zero-order valence-electron chi connectivity index (χ0n) is 20.7. The zero-order chi connectivity index (χ0) is 29.2. The molecule has 0 spiro atoms. The van der Waals surface area contributed by atoms with Crippen LogP contribution >= 0.6 is 0 Å². The Balaban J connectivity index is 0.000000226. The van der Waals surface area contributed by atoms with Crippen molar-refractivity contribution in [3.63, 3.8) is 0 Å². The van der Waals surface area contributed by atoms with Crippen molar-refractivity contribution in [3.8, 4) is 11.5 Å². The van der Waals surface area contributed by atoms with Crippen molar-refractivity contribution in [1.29, 1.82) is 0 Å². The molecule has 2 aromatic heterocycles. The van der Waals surface area contributed by atoms with Gasteiger partial charge in [0, 0.05) is 18.3 Å². The first-order valence-electron chi connectivity index (χ1n) is 10.8. The van der Waals surface area contributed by atoms with Gasteiger partial charge in [-0.3, -0.25) is 20.1 Å². The molecule has 0 aliphatic rings. The monoisotopic (exact) mass is 578 g/mol. The number of rotatable bonds is 5. The highest BCUT2D eigenvalue weighted by Crippen LogP contribution is 2.12. The summed E-state index contributed by atoms with van der Waals surface area (Å²) in [6.45, 7) is 2.96. The highest BCUT2D eigenvalue weighted by Gasteiger charge is 2.15. The van der Waals surface area contributed by atoms with Crippen LogP contribution in [-0.4, -0.2) is 31.7 Å². The third-order valence-electron chi connectivity index (χ3n) is 4.82. The second kappa shape index (κ2) is 13.4. The van der Waals surface area contributed by atoms with Gasteiger partial charge in [-0.05, 0) is 38.1 Å². The minimum absolute atomic E-state index is 0.0904. The molecule has 0 fully saturated rings. The summed E-state index contributed by atoms with van der Waals surface area (Å²) in [5.41, 5.74) is -0.849. The van der Waals surface area contributed by atoms with Crippen molar-refractivity contribution in [2.45, 2.75) is 23.6 Å². The van der Waals surface area contributed by atoms with Crippen molar-refractivity contribution < 1.29 is 31.5 Å². The molecule has 39 heavy (non-hydrogen) atoms. The van der Waals surface area contributed by atoms with E-state index < -0.39 is 36.7 Å². The van der Waals surface area contributed by atoms with Crippen LogP contribution in [0.25, 0.3) is 0 Å². The molecule has 6 N–H and O–H groups in total. The topological polar surface area (TPSA) is 211 Å². The second-order valence-corrected chi connectivity index (χ2v) is 10.9. The number of benzene rings is 2. The molecule has 0 saturated carbocycles. The second-order valence-electron chi connectivity index (χ2n) is 7.52. The van der Waals surface area contributed by atoms with Gasteiger partial charge in [-0.15, -0.1) is 0 Å². The molecule has 0 aliphatic heterocycles. The standard InChI is InChI=1S/C12H12N2O4S.C6H8N2O2S.C6H6O3/c1-9-12(16)11(15)7-8-14(9)13-19(17,18)10-5-3-2-4-6-10;7-8-11(9,10)6-4-2-1-3-5-6;1-4-6(8)5(7)2-3-9-4/h2-8,13,16H,1H3;1-5,8H,7H2;2-3,8H,1H3. The van der Waals surface area contributed by atoms with E-state index in [0.717, 1.165) is 10.7 Å². The molecular weight excluding hydrogens is 552 g/mol. The predicted octanol–water partition coefficient (Wildman–Crippen LogP) is 1.29. The van der Waals surface area contributed by atoms with Crippen molar-refractivity contribution >= 4 is 20.0 Å². The molecule has 0 saturated heterocycles. The van der Waals surface area contributed by atoms with Crippen molar-refractivity contribution in [2.24, 2.45) is 5.84 Å². The van der Waals surface area contributed by atoms with Crippen LogP contribution < -0.4 is 26.4 Å². The number of pyridine rings is 1. The van der Waals surface area contributed by atoms with E-state index in [9.17, 15) is 31.5 Å². The zero-order valence-corrected chi connectivity index (χ0v) is 22.3. The molecule has 0 radical (unpaired) electrons. The fourth-order valence-corrected chi connectivity index (χ4v) is 4.41. The van der Waals surface area contributed by atoms with E-state index in [2.05, 4.69) is 9.25 Å². The average Bonchev–Trinajstić information content (AvgIpc) is 2.94. The molecule has 2 aromatic carbocycles. The number of aromatic hydroxyl groups is 2. The first-order chi connectivity index (χ1) is 18.3. The number of aromatic nitrogens is 1. The van der Waals surface area contributed by atoms with Gasteiger partial charge in [0.2, 0.25) is 16.6 Å². The molecule has 15 heteroatoms. The van der Waals surface area contributed by atoms with Gasteiger partial charge in [0.1, 0.15) is 5.76 Å². The lowest BCUT2D eigenvalue weighted by atomic mass is 10.3. The van der Waals surface area contributed by atoms with Gasteiger partial charge < -0.3 is 14.6 Å². The number of hydrogen-bond acceptors (Lipinski definition) is 10. The molecule has 0 aliphatic carbocycles. The van der Waals surface area contributed by atoms with Crippen LogP contribution in [0.15, 0.2) is 109 Å². The van der Waals surface area contributed by atoms with Crippen LogP contribution in [-0.2, 0) is 20.0 Å². The third-order valence-corrected chi connectivity index (χ3v) is 7.36. The van der Waals surface area contributed by atoms with E-state index in [1.807, 2.05) is 0 Å². The number of nitrogens with two attached hydrogens (primary N) is 1. The molecule has 0 atom stereocenters. The fourth-order valence-electron chi connectivity index (χ4n) is 2.68. The van der Waals surface area contributed by atoms with E-state index in [-0.39, 0.29) is 27.0 Å². The molecule has 0 bridgehead atoms. The normalized spacial score (nSPS) is 10.8. The summed E-state index contributed by atoms with van der Waals surface area (Å²) in [6, 6.07) is 18.0. The molecule has 2 heterocycles. The van der Waals surface area contributed by atoms with Gasteiger partial charge in [0.25, 0.3) is 20.0 Å². The summed E-state index contributed by atoms with van der Waals surface area (Å²) in [6.07, 6.45) is 2.50. The van der Waals surface area contributed by atoms with Gasteiger partial charge in [-0.1, -0.05) is 36.4 Å². The molecule has 0 amide bonds. The van der Waals surface area contributed by atoms with Gasteiger partial charge >= 0.3 is 0 Å². The number of nitrogens with zero attached hydrogens (tertiary/aromatic N) is 1. The minimum atomic E-state index is -3.77. The Bertz CT molecular complexity index is 1720. The lowest BCUT2D eigenvalue weighted by Gasteiger charge is -2.14. The molecule has 4 rings (SSSR count). The molecule has 0 unspecified atom stereocenters. The Morgan fingerprint density at radius 1 is 0.744 bits per heavy atom. The van der Waals surface area contributed by atoms with Crippen LogP contribution in [0.4, 0.5) is 0 Å². The summed E-state index contributed by atoms with van der Waals surface area (Å²) in [7, 11) is -7.24. The summed E-state index contributed by atoms with van der Waals surface area (Å²) in [5.74, 6) is 4.26. The van der Waals surface area contributed by atoms with Gasteiger partial charge in [-0.2, -0.15) is 13.2 Å². The first-order valence-corrected chi connectivity index (χ1v) is 13.8. The van der Waals surface area contributed by atoms with Crippen LogP contribution in [0.2, 0.25) is 0 Å². The maximum Gasteiger partial charge on any atom is 0.275 e. The number of sulfonamides is 2. The summed E-state index contributed by atoms with van der Waals surface area (Å²) in [5, 5.41) is 18.3. The van der Waals surface area contributed by atoms with E-state index in [4.69, 9.17) is 10.9 Å². The molecule has 13 nitrogen and oxygen atoms in total. The van der Waals surface area contributed by atoms with Crippen molar-refractivity contribution in [1.82, 2.24) is 9.51 Å². The third kappa shape index (κ3) is 8.54. The summed E-state index contributed by atoms with van der Waals surface area (Å²) in [4.78, 5) is 26.0. The number of nitrogens with one attached hydrogen (secondary N) is 2. The number of hydrazine groups is 1. The Labute approximate surface area is 223 Å². The van der Waals surface area contributed by atoms with E-state index in [0.29, 0.717) is 0 Å². The van der Waals surface area contributed by atoms with E-state index >= 15 is 0 Å². The van der Waals surface area contributed by atoms with Crippen molar-refractivity contribution in [3.05, 3.63) is 117 Å². The first kappa shape index (κ1) is 30.8. The summed E-state index contributed by atoms with van der Waals surface area (Å²) >= 11 is 0. The highest BCUT2D eigenvalue weighted by atomic mass is 32.2. The largest absolute Gasteiger partial charge is 0.503 e. The Morgan fingerprint density at radius 2 is 1.23 bits per heavy atom. The smallest absolute Gasteiger partial charge is 0.275 e. The predicted molar refractivity (Wildman–Crippen MR) is 142 cm³/mol. The average molecular weight is 579 g/mol. The van der Waals surface area contributed by atoms with Crippen LogP contribution in [0, 0.1) is 13.8 Å². The number of aryl methyl sites for hydroxylation is 1. The fraction of sp³-hybridized carbons (Fsp3) is 0.0833. The Hall–Kier alpha value is -4.44. The van der Waals surface area contributed by atoms with Crippen LogP contribution in [0.1, 0.15) is 11.5 Å². The molecule has 208 valence electrons. The van der Waals surface area contributed by atoms with Crippen LogP contribution in [0.3, 0.4) is 0 Å². The highest BCUT2D eigenvalue weighted by molar-refractivity contribution is 7.92. The summed E-state index contributed by atoms with van der Waals surface area (Å²) < 4.78 is 51.8. The maximum atomic E-state index is 12.1. The van der Waals surface area contributed by atoms with Gasteiger partial charge in [0.15, 0.2) is 5.75 Å². The lowest BCUT2D eigenvalue weighted by molar-refractivity contribution is 0.411. The molecule has 4 aromatic rings. The van der Waals surface area contributed by atoms with Gasteiger partial charge in [0.05, 0.1) is 21.7 Å². The van der Waals surface area contributed by atoms with Crippen molar-refractivity contribution in [2.75, 3.05) is 4.83 Å². The quantitative estimate of drug-likeness (QED) is 0.169.